The number of rotatable bonds is 22. The van der Waals surface area contributed by atoms with E-state index in [9.17, 15) is 33.9 Å². The van der Waals surface area contributed by atoms with E-state index in [0.717, 1.165) is 0 Å². The fourth-order valence-electron chi connectivity index (χ4n) is 3.73. The van der Waals surface area contributed by atoms with Gasteiger partial charge in [0, 0.05) is 19.0 Å². The molecule has 0 aromatic heterocycles. The number of hydrogen-bond donors (Lipinski definition) is 11. The number of unbranched alkanes of at least 4 members (excludes halogenated alkanes) is 1. The van der Waals surface area contributed by atoms with Crippen molar-refractivity contribution in [2.75, 3.05) is 19.7 Å². The van der Waals surface area contributed by atoms with Gasteiger partial charge in [0.15, 0.2) is 5.96 Å². The molecule has 44 heavy (non-hydrogen) atoms. The predicted octanol–water partition coefficient (Wildman–Crippen LogP) is -4.76. The van der Waals surface area contributed by atoms with E-state index in [-0.39, 0.29) is 51.2 Å². The van der Waals surface area contributed by atoms with Crippen molar-refractivity contribution in [3.8, 4) is 0 Å². The first-order chi connectivity index (χ1) is 20.6. The molecule has 0 bridgehead atoms. The highest BCUT2D eigenvalue weighted by atomic mass is 16.3. The summed E-state index contributed by atoms with van der Waals surface area (Å²) >= 11 is 0. The maximum absolute atomic E-state index is 13.4. The zero-order valence-electron chi connectivity index (χ0n) is 25.8. The Hall–Kier alpha value is -4.03. The number of carbonyl (C=O) groups is 6. The van der Waals surface area contributed by atoms with Crippen LogP contribution in [-0.4, -0.2) is 102 Å². The van der Waals surface area contributed by atoms with Gasteiger partial charge in [0.1, 0.15) is 24.2 Å². The van der Waals surface area contributed by atoms with Gasteiger partial charge in [-0.05, 0) is 65.8 Å². The Labute approximate surface area is 257 Å². The smallest absolute Gasteiger partial charge is 0.243 e. The second kappa shape index (κ2) is 21.6. The van der Waals surface area contributed by atoms with Crippen molar-refractivity contribution in [3.63, 3.8) is 0 Å². The first-order valence-electron chi connectivity index (χ1n) is 14.5. The van der Waals surface area contributed by atoms with Crippen LogP contribution in [0.25, 0.3) is 0 Å². The molecule has 0 aliphatic heterocycles. The van der Waals surface area contributed by atoms with Crippen LogP contribution in [0.4, 0.5) is 0 Å². The number of aliphatic hydroxyl groups is 1. The Kier molecular flexibility index (Phi) is 19.6. The van der Waals surface area contributed by atoms with E-state index in [1.165, 1.54) is 13.8 Å². The van der Waals surface area contributed by atoms with Gasteiger partial charge in [0.05, 0.1) is 12.6 Å². The van der Waals surface area contributed by atoms with Crippen molar-refractivity contribution in [3.05, 3.63) is 0 Å². The van der Waals surface area contributed by atoms with Crippen molar-refractivity contribution < 1.29 is 33.9 Å². The largest absolute Gasteiger partial charge is 0.394 e. The van der Waals surface area contributed by atoms with Gasteiger partial charge in [0.2, 0.25) is 35.4 Å². The van der Waals surface area contributed by atoms with Crippen molar-refractivity contribution in [2.24, 2.45) is 33.7 Å². The second-order valence-corrected chi connectivity index (χ2v) is 10.5. The van der Waals surface area contributed by atoms with Crippen molar-refractivity contribution in [1.82, 2.24) is 26.6 Å². The average molecular weight is 630 g/mol. The molecule has 18 heteroatoms. The van der Waals surface area contributed by atoms with Crippen LogP contribution in [0.3, 0.4) is 0 Å². The molecule has 0 saturated heterocycles. The van der Waals surface area contributed by atoms with Gasteiger partial charge in [0.25, 0.3) is 0 Å². The summed E-state index contributed by atoms with van der Waals surface area (Å²) in [6.45, 7) is 4.55. The first-order valence-corrected chi connectivity index (χ1v) is 14.5. The van der Waals surface area contributed by atoms with E-state index in [1.54, 1.807) is 6.92 Å². The molecule has 0 saturated carbocycles. The van der Waals surface area contributed by atoms with Crippen molar-refractivity contribution >= 4 is 41.4 Å². The molecule has 6 amide bonds. The number of hydrogen-bond acceptors (Lipinski definition) is 10. The Balaban J connectivity index is 5.95. The molecule has 0 radical (unpaired) electrons. The van der Waals surface area contributed by atoms with Crippen LogP contribution in [0, 0.1) is 0 Å². The van der Waals surface area contributed by atoms with Gasteiger partial charge >= 0.3 is 0 Å². The molecule has 0 aromatic carbocycles. The lowest BCUT2D eigenvalue weighted by Crippen LogP contribution is -2.58. The number of primary amides is 1. The molecule has 0 unspecified atom stereocenters. The SMILES string of the molecule is C[C@H](N)C(=O)N[C@@H](C)C(=O)N[C@@H](CCCN=C(N)N)C(=O)N[C@@H](CCCCN)C(=O)N[C@@H](CCC(N)=O)C(=O)N[C@@H](C)CO. The Bertz CT molecular complexity index is 989. The minimum Gasteiger partial charge on any atom is -0.394 e. The molecule has 0 aliphatic rings. The Morgan fingerprint density at radius 1 is 0.682 bits per heavy atom. The number of nitrogens with zero attached hydrogens (tertiary/aromatic N) is 1. The predicted molar refractivity (Wildman–Crippen MR) is 163 cm³/mol. The number of nitrogens with two attached hydrogens (primary N) is 5. The highest BCUT2D eigenvalue weighted by Gasteiger charge is 2.31. The van der Waals surface area contributed by atoms with Crippen LogP contribution >= 0.6 is 0 Å². The lowest BCUT2D eigenvalue weighted by Gasteiger charge is -2.26. The molecule has 0 spiro atoms. The van der Waals surface area contributed by atoms with E-state index in [0.29, 0.717) is 19.4 Å². The number of aliphatic hydroxyl groups excluding tert-OH is 1. The summed E-state index contributed by atoms with van der Waals surface area (Å²) in [7, 11) is 0. The summed E-state index contributed by atoms with van der Waals surface area (Å²) in [6.07, 6.45) is 1.13. The summed E-state index contributed by atoms with van der Waals surface area (Å²) in [4.78, 5) is 79.6. The van der Waals surface area contributed by atoms with Gasteiger partial charge in [-0.15, -0.1) is 0 Å². The van der Waals surface area contributed by atoms with Gasteiger partial charge in [-0.2, -0.15) is 0 Å². The highest BCUT2D eigenvalue weighted by molar-refractivity contribution is 5.95. The normalized spacial score (nSPS) is 14.9. The van der Waals surface area contributed by atoms with E-state index >= 15 is 0 Å². The third-order valence-corrected chi connectivity index (χ3v) is 6.30. The van der Waals surface area contributed by atoms with E-state index in [2.05, 4.69) is 31.6 Å². The lowest BCUT2D eigenvalue weighted by molar-refractivity contribution is -0.135. The number of nitrogens with one attached hydrogen (secondary N) is 5. The standard InChI is InChI=1S/C26H51N11O7/c1-14(13-38)33-23(42)19(9-10-20(29)39)37-24(43)17(7-4-5-11-27)36-25(44)18(8-6-12-32-26(30)31)35-22(41)16(3)34-21(40)15(2)28/h14-19,38H,4-13,27-28H2,1-3H3,(H2,29,39)(H,33,42)(H,34,40)(H,35,41)(H,36,44)(H,37,43)(H4,30,31,32)/t14-,15-,16-,17-,18-,19-/m0/s1. The van der Waals surface area contributed by atoms with Crippen molar-refractivity contribution in [2.45, 2.75) is 102 Å². The van der Waals surface area contributed by atoms with Crippen LogP contribution in [0.2, 0.25) is 0 Å². The molecule has 16 N–H and O–H groups in total. The maximum Gasteiger partial charge on any atom is 0.243 e. The average Bonchev–Trinajstić information content (AvgIpc) is 2.95. The van der Waals surface area contributed by atoms with Gasteiger partial charge in [-0.3, -0.25) is 33.8 Å². The van der Waals surface area contributed by atoms with Crippen LogP contribution in [0.1, 0.15) is 65.7 Å². The fraction of sp³-hybridized carbons (Fsp3) is 0.731. The van der Waals surface area contributed by atoms with Crippen LogP contribution in [0.5, 0.6) is 0 Å². The molecule has 0 aromatic rings. The number of carbonyl (C=O) groups excluding carboxylic acids is 6. The molecular weight excluding hydrogens is 578 g/mol. The molecule has 0 rings (SSSR count). The molecule has 6 atom stereocenters. The molecule has 0 heterocycles. The van der Waals surface area contributed by atoms with Gasteiger partial charge < -0.3 is 60.4 Å². The highest BCUT2D eigenvalue weighted by Crippen LogP contribution is 2.07. The molecule has 0 aliphatic carbocycles. The summed E-state index contributed by atoms with van der Waals surface area (Å²) < 4.78 is 0. The minimum absolute atomic E-state index is 0.0716. The molecule has 252 valence electrons. The summed E-state index contributed by atoms with van der Waals surface area (Å²) in [5.74, 6) is -4.17. The quantitative estimate of drug-likeness (QED) is 0.0307. The summed E-state index contributed by atoms with van der Waals surface area (Å²) in [5, 5.41) is 22.0. The second-order valence-electron chi connectivity index (χ2n) is 10.5. The topological polar surface area (TPSA) is 325 Å². The van der Waals surface area contributed by atoms with Gasteiger partial charge in [-0.1, -0.05) is 0 Å². The lowest BCUT2D eigenvalue weighted by atomic mass is 10.0. The molecular formula is C26H51N11O7. The molecule has 18 nitrogen and oxygen atoms in total. The zero-order valence-corrected chi connectivity index (χ0v) is 25.8. The van der Waals surface area contributed by atoms with Gasteiger partial charge in [-0.25, -0.2) is 0 Å². The molecule has 0 fully saturated rings. The van der Waals surface area contributed by atoms with Crippen LogP contribution in [-0.2, 0) is 28.8 Å². The Morgan fingerprint density at radius 2 is 1.18 bits per heavy atom. The number of guanidine groups is 1. The van der Waals surface area contributed by atoms with E-state index in [4.69, 9.17) is 28.7 Å². The fourth-order valence-corrected chi connectivity index (χ4v) is 3.73. The monoisotopic (exact) mass is 629 g/mol. The van der Waals surface area contributed by atoms with Crippen LogP contribution in [0.15, 0.2) is 4.99 Å². The van der Waals surface area contributed by atoms with Crippen LogP contribution < -0.4 is 55.3 Å². The van der Waals surface area contributed by atoms with E-state index < -0.39 is 71.7 Å². The first kappa shape index (κ1) is 40.0. The maximum atomic E-state index is 13.4. The summed E-state index contributed by atoms with van der Waals surface area (Å²) in [5.41, 5.74) is 27.1. The third kappa shape index (κ3) is 17.2. The van der Waals surface area contributed by atoms with E-state index in [1.807, 2.05) is 0 Å². The number of aliphatic imine (C=N–C) groups is 1. The van der Waals surface area contributed by atoms with Crippen molar-refractivity contribution in [1.29, 1.82) is 0 Å². The minimum atomic E-state index is -1.19. The summed E-state index contributed by atoms with van der Waals surface area (Å²) in [6, 6.07) is -6.02. The third-order valence-electron chi connectivity index (χ3n) is 6.30. The number of amides is 6. The Morgan fingerprint density at radius 3 is 1.66 bits per heavy atom. The zero-order chi connectivity index (χ0) is 33.8.